The summed E-state index contributed by atoms with van der Waals surface area (Å²) in [7, 11) is 0. The van der Waals surface area contributed by atoms with Crippen LogP contribution in [0.4, 0.5) is 0 Å². The lowest BCUT2D eigenvalue weighted by Crippen LogP contribution is -1.97. The van der Waals surface area contributed by atoms with E-state index in [-0.39, 0.29) is 5.75 Å². The highest BCUT2D eigenvalue weighted by molar-refractivity contribution is 7.99. The summed E-state index contributed by atoms with van der Waals surface area (Å²) in [5.41, 5.74) is 1.40. The lowest BCUT2D eigenvalue weighted by atomic mass is 10.2. The molecule has 1 aliphatic rings. The van der Waals surface area contributed by atoms with E-state index >= 15 is 0 Å². The molecule has 0 saturated carbocycles. The molecular weight excluding hydrogens is 302 g/mol. The SMILES string of the molecule is O=C(O)CSc1n[nH]c(-c2cc3c(s2)CCSC3)n1. The number of nitrogens with one attached hydrogen (secondary N) is 1. The summed E-state index contributed by atoms with van der Waals surface area (Å²) < 4.78 is 0. The van der Waals surface area contributed by atoms with Gasteiger partial charge in [0, 0.05) is 10.6 Å². The van der Waals surface area contributed by atoms with Gasteiger partial charge in [0.05, 0.1) is 10.6 Å². The van der Waals surface area contributed by atoms with E-state index in [1.165, 1.54) is 16.2 Å². The van der Waals surface area contributed by atoms with Crippen LogP contribution in [0.2, 0.25) is 0 Å². The summed E-state index contributed by atoms with van der Waals surface area (Å²) in [6, 6.07) is 2.16. The second kappa shape index (κ2) is 5.56. The normalized spacial score (nSPS) is 14.3. The van der Waals surface area contributed by atoms with Crippen LogP contribution in [-0.2, 0) is 17.0 Å². The third kappa shape index (κ3) is 2.96. The molecule has 2 N–H and O–H groups in total. The first-order valence-electron chi connectivity index (χ1n) is 5.69. The van der Waals surface area contributed by atoms with Crippen molar-refractivity contribution in [3.63, 3.8) is 0 Å². The van der Waals surface area contributed by atoms with Crippen LogP contribution >= 0.6 is 34.9 Å². The average molecular weight is 313 g/mol. The van der Waals surface area contributed by atoms with Crippen molar-refractivity contribution in [2.75, 3.05) is 11.5 Å². The maximum Gasteiger partial charge on any atom is 0.313 e. The van der Waals surface area contributed by atoms with Crippen LogP contribution in [0.15, 0.2) is 11.2 Å². The number of hydrogen-bond acceptors (Lipinski definition) is 6. The Morgan fingerprint density at radius 1 is 1.58 bits per heavy atom. The first-order chi connectivity index (χ1) is 9.22. The van der Waals surface area contributed by atoms with Gasteiger partial charge in [-0.1, -0.05) is 11.8 Å². The van der Waals surface area contributed by atoms with Crippen LogP contribution in [0.5, 0.6) is 0 Å². The van der Waals surface area contributed by atoms with Gasteiger partial charge in [-0.2, -0.15) is 11.8 Å². The fraction of sp³-hybridized carbons (Fsp3) is 0.364. The van der Waals surface area contributed by atoms with Crippen molar-refractivity contribution in [3.05, 3.63) is 16.5 Å². The standard InChI is InChI=1S/C11H11N3O2S3/c15-9(16)5-18-11-12-10(13-14-11)8-3-6-4-17-2-1-7(6)19-8/h3H,1-2,4-5H2,(H,15,16)(H,12,13,14). The Morgan fingerprint density at radius 2 is 2.47 bits per heavy atom. The number of aromatic amines is 1. The third-order valence-electron chi connectivity index (χ3n) is 2.65. The van der Waals surface area contributed by atoms with Crippen LogP contribution in [0.25, 0.3) is 10.7 Å². The minimum absolute atomic E-state index is 0.0190. The fourth-order valence-electron chi connectivity index (χ4n) is 1.81. The molecule has 100 valence electrons. The Morgan fingerprint density at radius 3 is 3.26 bits per heavy atom. The molecule has 0 radical (unpaired) electrons. The molecule has 0 spiro atoms. The van der Waals surface area contributed by atoms with Crippen LogP contribution in [0.1, 0.15) is 10.4 Å². The molecular formula is C11H11N3O2S3. The predicted molar refractivity (Wildman–Crippen MR) is 77.9 cm³/mol. The van der Waals surface area contributed by atoms with Crippen LogP contribution in [0.3, 0.4) is 0 Å². The van der Waals surface area contributed by atoms with Crippen molar-refractivity contribution in [1.29, 1.82) is 0 Å². The van der Waals surface area contributed by atoms with Gasteiger partial charge in [0.1, 0.15) is 0 Å². The van der Waals surface area contributed by atoms with Crippen molar-refractivity contribution in [2.24, 2.45) is 0 Å². The minimum Gasteiger partial charge on any atom is -0.481 e. The molecule has 0 aliphatic carbocycles. The first kappa shape index (κ1) is 13.0. The largest absolute Gasteiger partial charge is 0.481 e. The van der Waals surface area contributed by atoms with Gasteiger partial charge in [-0.25, -0.2) is 4.98 Å². The van der Waals surface area contributed by atoms with E-state index in [9.17, 15) is 4.79 Å². The average Bonchev–Trinajstić information content (AvgIpc) is 3.02. The Hall–Kier alpha value is -0.990. The number of aromatic nitrogens is 3. The molecule has 1 aliphatic heterocycles. The lowest BCUT2D eigenvalue weighted by molar-refractivity contribution is -0.133. The summed E-state index contributed by atoms with van der Waals surface area (Å²) in [4.78, 5) is 17.3. The number of aryl methyl sites for hydroxylation is 1. The van der Waals surface area contributed by atoms with Crippen molar-refractivity contribution >= 4 is 40.8 Å². The molecule has 0 amide bonds. The molecule has 5 nitrogen and oxygen atoms in total. The predicted octanol–water partition coefficient (Wildman–Crippen LogP) is 2.50. The van der Waals surface area contributed by atoms with Gasteiger partial charge in [0.15, 0.2) is 5.82 Å². The quantitative estimate of drug-likeness (QED) is 0.844. The molecule has 0 fully saturated rings. The fourth-order valence-corrected chi connectivity index (χ4v) is 4.64. The van der Waals surface area contributed by atoms with Gasteiger partial charge >= 0.3 is 5.97 Å². The van der Waals surface area contributed by atoms with Crippen molar-refractivity contribution in [1.82, 2.24) is 15.2 Å². The molecule has 0 unspecified atom stereocenters. The molecule has 0 bridgehead atoms. The number of thiophene rings is 1. The van der Waals surface area contributed by atoms with Gasteiger partial charge in [0.25, 0.3) is 0 Å². The second-order valence-electron chi connectivity index (χ2n) is 4.01. The number of hydrogen-bond donors (Lipinski definition) is 2. The number of nitrogens with zero attached hydrogens (tertiary/aromatic N) is 2. The van der Waals surface area contributed by atoms with E-state index < -0.39 is 5.97 Å². The zero-order chi connectivity index (χ0) is 13.2. The Kier molecular flexibility index (Phi) is 3.81. The summed E-state index contributed by atoms with van der Waals surface area (Å²) in [6.07, 6.45) is 1.12. The zero-order valence-corrected chi connectivity index (χ0v) is 12.3. The third-order valence-corrected chi connectivity index (χ3v) is 5.73. The summed E-state index contributed by atoms with van der Waals surface area (Å²) in [6.45, 7) is 0. The van der Waals surface area contributed by atoms with Gasteiger partial charge in [0.2, 0.25) is 5.16 Å². The number of H-pyrrole nitrogens is 1. The van der Waals surface area contributed by atoms with E-state index in [1.54, 1.807) is 11.3 Å². The number of fused-ring (bicyclic) bond motifs is 1. The number of carbonyl (C=O) groups is 1. The van der Waals surface area contributed by atoms with E-state index in [0.29, 0.717) is 5.16 Å². The molecule has 0 aromatic carbocycles. The molecule has 2 aromatic heterocycles. The zero-order valence-electron chi connectivity index (χ0n) is 9.88. The summed E-state index contributed by atoms with van der Waals surface area (Å²) >= 11 is 4.83. The van der Waals surface area contributed by atoms with Gasteiger partial charge < -0.3 is 5.11 Å². The van der Waals surface area contributed by atoms with E-state index in [4.69, 9.17) is 5.11 Å². The molecule has 3 rings (SSSR count). The monoisotopic (exact) mass is 313 g/mol. The maximum atomic E-state index is 10.5. The van der Waals surface area contributed by atoms with Crippen LogP contribution in [-0.4, -0.2) is 37.8 Å². The van der Waals surface area contributed by atoms with Crippen molar-refractivity contribution in [3.8, 4) is 10.7 Å². The maximum absolute atomic E-state index is 10.5. The summed E-state index contributed by atoms with van der Waals surface area (Å²) in [5, 5.41) is 16.0. The smallest absolute Gasteiger partial charge is 0.313 e. The molecule has 0 saturated heterocycles. The Balaban J connectivity index is 1.78. The first-order valence-corrected chi connectivity index (χ1v) is 8.65. The van der Waals surface area contributed by atoms with E-state index in [1.807, 2.05) is 11.8 Å². The van der Waals surface area contributed by atoms with Gasteiger partial charge in [-0.15, -0.1) is 16.4 Å². The van der Waals surface area contributed by atoms with Crippen molar-refractivity contribution in [2.45, 2.75) is 17.3 Å². The molecule has 3 heterocycles. The highest BCUT2D eigenvalue weighted by atomic mass is 32.2. The Bertz CT molecular complexity index is 585. The summed E-state index contributed by atoms with van der Waals surface area (Å²) in [5.74, 6) is 2.11. The van der Waals surface area contributed by atoms with E-state index in [2.05, 4.69) is 21.2 Å². The number of carboxylic acids is 1. The molecule has 8 heteroatoms. The highest BCUT2D eigenvalue weighted by Crippen LogP contribution is 2.35. The van der Waals surface area contributed by atoms with Gasteiger partial charge in [-0.3, -0.25) is 9.89 Å². The molecule has 2 aromatic rings. The second-order valence-corrected chi connectivity index (χ2v) is 7.20. The van der Waals surface area contributed by atoms with Crippen molar-refractivity contribution < 1.29 is 9.90 Å². The molecule has 0 atom stereocenters. The number of rotatable bonds is 4. The Labute approximate surface area is 122 Å². The number of aliphatic carboxylic acids is 1. The minimum atomic E-state index is -0.861. The number of carboxylic acid groups (broad SMARTS) is 1. The number of thioether (sulfide) groups is 2. The lowest BCUT2D eigenvalue weighted by Gasteiger charge is -2.08. The topological polar surface area (TPSA) is 78.9 Å². The van der Waals surface area contributed by atoms with Crippen LogP contribution in [0, 0.1) is 0 Å². The van der Waals surface area contributed by atoms with E-state index in [0.717, 1.165) is 34.6 Å². The highest BCUT2D eigenvalue weighted by Gasteiger charge is 2.16. The van der Waals surface area contributed by atoms with Gasteiger partial charge in [-0.05, 0) is 23.8 Å². The molecule has 19 heavy (non-hydrogen) atoms. The van der Waals surface area contributed by atoms with Crippen LogP contribution < -0.4 is 0 Å².